The summed E-state index contributed by atoms with van der Waals surface area (Å²) in [6.07, 6.45) is 0. The first-order valence-electron chi connectivity index (χ1n) is 11.3. The Kier molecular flexibility index (Phi) is 6.84. The first-order valence-corrected chi connectivity index (χ1v) is 12.1. The number of hydrogen-bond donors (Lipinski definition) is 1. The van der Waals surface area contributed by atoms with Crippen LogP contribution in [0, 0.1) is 48.5 Å². The van der Waals surface area contributed by atoms with Gasteiger partial charge in [0.2, 0.25) is 0 Å². The Morgan fingerprint density at radius 1 is 0.971 bits per heavy atom. The molecular formula is C25H29BrN6O3. The average Bonchev–Trinajstić information content (AvgIpc) is 3.37. The van der Waals surface area contributed by atoms with Crippen molar-refractivity contribution in [3.8, 4) is 5.75 Å². The van der Waals surface area contributed by atoms with Crippen LogP contribution >= 0.6 is 15.9 Å². The molecule has 1 N–H and O–H groups in total. The minimum atomic E-state index is -0.375. The molecule has 4 rings (SSSR count). The van der Waals surface area contributed by atoms with E-state index >= 15 is 0 Å². The summed E-state index contributed by atoms with van der Waals surface area (Å²) < 4.78 is 16.0. The molecule has 4 aromatic rings. The summed E-state index contributed by atoms with van der Waals surface area (Å²) in [4.78, 5) is 13.2. The summed E-state index contributed by atoms with van der Waals surface area (Å²) in [6, 6.07) is 5.99. The monoisotopic (exact) mass is 540 g/mol. The van der Waals surface area contributed by atoms with Crippen LogP contribution in [0.25, 0.3) is 0 Å². The van der Waals surface area contributed by atoms with Gasteiger partial charge in [-0.3, -0.25) is 4.79 Å². The second kappa shape index (κ2) is 9.69. The summed E-state index contributed by atoms with van der Waals surface area (Å²) in [5, 5.41) is 16.1. The normalized spacial score (nSPS) is 11.2. The molecule has 0 aliphatic rings. The maximum absolute atomic E-state index is 13.2. The van der Waals surface area contributed by atoms with Gasteiger partial charge in [0, 0.05) is 0 Å². The molecule has 1 aromatic carbocycles. The number of amides is 1. The lowest BCUT2D eigenvalue weighted by atomic mass is 10.1. The number of nitrogens with one attached hydrogen (secondary N) is 1. The number of benzene rings is 1. The SMILES string of the molecule is Cc1cc(C)cc(OCc2c(C(=O)Nc3c(C)nn(Cn4nc(C)c(Br)c4C)c3C)noc2C)c1. The standard InChI is InChI=1S/C25H29BrN6O3/c1-13-8-14(2)10-20(9-13)34-11-21-19(7)35-30-24(21)25(33)27-23-16(4)29-32(18(23)6)12-31-17(5)22(26)15(3)28-31/h8-10H,11-12H2,1-7H3,(H,27,33). The zero-order valence-corrected chi connectivity index (χ0v) is 22.6. The Morgan fingerprint density at radius 2 is 1.60 bits per heavy atom. The second-order valence-corrected chi connectivity index (χ2v) is 9.60. The number of rotatable bonds is 7. The van der Waals surface area contributed by atoms with E-state index in [0.717, 1.165) is 38.4 Å². The fourth-order valence-corrected chi connectivity index (χ4v) is 4.32. The fraction of sp³-hybridized carbons (Fsp3) is 0.360. The van der Waals surface area contributed by atoms with Gasteiger partial charge in [-0.15, -0.1) is 0 Å². The van der Waals surface area contributed by atoms with Gasteiger partial charge in [-0.05, 0) is 87.7 Å². The third kappa shape index (κ3) is 5.02. The quantitative estimate of drug-likeness (QED) is 0.340. The molecule has 0 spiro atoms. The second-order valence-electron chi connectivity index (χ2n) is 8.80. The summed E-state index contributed by atoms with van der Waals surface area (Å²) >= 11 is 3.56. The molecule has 0 aliphatic carbocycles. The molecule has 9 nitrogen and oxygen atoms in total. The van der Waals surface area contributed by atoms with Crippen molar-refractivity contribution in [2.75, 3.05) is 5.32 Å². The third-order valence-electron chi connectivity index (χ3n) is 5.96. The highest BCUT2D eigenvalue weighted by Crippen LogP contribution is 2.25. The lowest BCUT2D eigenvalue weighted by Crippen LogP contribution is -2.17. The smallest absolute Gasteiger partial charge is 0.278 e. The summed E-state index contributed by atoms with van der Waals surface area (Å²) in [6.45, 7) is 14.1. The molecule has 35 heavy (non-hydrogen) atoms. The number of ether oxygens (including phenoxy) is 1. The Morgan fingerprint density at radius 3 is 2.23 bits per heavy atom. The van der Waals surface area contributed by atoms with E-state index in [-0.39, 0.29) is 18.2 Å². The lowest BCUT2D eigenvalue weighted by Gasteiger charge is -2.10. The van der Waals surface area contributed by atoms with Crippen molar-refractivity contribution >= 4 is 27.5 Å². The van der Waals surface area contributed by atoms with E-state index in [4.69, 9.17) is 9.26 Å². The van der Waals surface area contributed by atoms with Gasteiger partial charge in [0.1, 0.15) is 24.8 Å². The van der Waals surface area contributed by atoms with E-state index in [9.17, 15) is 4.79 Å². The Bertz CT molecular complexity index is 1390. The van der Waals surface area contributed by atoms with E-state index < -0.39 is 0 Å². The van der Waals surface area contributed by atoms with Crippen molar-refractivity contribution in [1.82, 2.24) is 24.7 Å². The molecule has 0 bridgehead atoms. The van der Waals surface area contributed by atoms with Crippen LogP contribution in [0.3, 0.4) is 0 Å². The maximum Gasteiger partial charge on any atom is 0.278 e. The van der Waals surface area contributed by atoms with Crippen molar-refractivity contribution in [1.29, 1.82) is 0 Å². The van der Waals surface area contributed by atoms with Crippen molar-refractivity contribution in [3.63, 3.8) is 0 Å². The highest BCUT2D eigenvalue weighted by Gasteiger charge is 2.23. The molecule has 0 radical (unpaired) electrons. The molecule has 10 heteroatoms. The number of aromatic nitrogens is 5. The number of halogens is 1. The predicted molar refractivity (Wildman–Crippen MR) is 136 cm³/mol. The first kappa shape index (κ1) is 24.7. The number of anilines is 1. The molecule has 0 saturated heterocycles. The van der Waals surface area contributed by atoms with Crippen LogP contribution in [0.4, 0.5) is 5.69 Å². The number of nitrogens with zero attached hydrogens (tertiary/aromatic N) is 5. The molecule has 0 fully saturated rings. The largest absolute Gasteiger partial charge is 0.489 e. The number of carbonyl (C=O) groups excluding carboxylic acids is 1. The highest BCUT2D eigenvalue weighted by molar-refractivity contribution is 9.10. The van der Waals surface area contributed by atoms with Gasteiger partial charge in [-0.2, -0.15) is 10.2 Å². The van der Waals surface area contributed by atoms with Crippen LogP contribution in [-0.2, 0) is 13.3 Å². The van der Waals surface area contributed by atoms with Crippen LogP contribution in [0.1, 0.15) is 55.7 Å². The van der Waals surface area contributed by atoms with Crippen LogP contribution in [-0.4, -0.2) is 30.6 Å². The van der Waals surface area contributed by atoms with Gasteiger partial charge in [0.25, 0.3) is 5.91 Å². The maximum atomic E-state index is 13.2. The van der Waals surface area contributed by atoms with E-state index in [1.165, 1.54) is 0 Å². The van der Waals surface area contributed by atoms with E-state index in [2.05, 4.69) is 42.7 Å². The Hall–Kier alpha value is -3.40. The van der Waals surface area contributed by atoms with Crippen LogP contribution in [0.5, 0.6) is 5.75 Å². The zero-order chi connectivity index (χ0) is 25.4. The molecule has 3 aromatic heterocycles. The Labute approximate surface area is 212 Å². The minimum Gasteiger partial charge on any atom is -0.489 e. The molecule has 0 saturated carbocycles. The molecule has 0 aliphatic heterocycles. The average molecular weight is 541 g/mol. The van der Waals surface area contributed by atoms with Crippen molar-refractivity contribution in [2.24, 2.45) is 0 Å². The minimum absolute atomic E-state index is 0.172. The van der Waals surface area contributed by atoms with Crippen LogP contribution in [0.2, 0.25) is 0 Å². The highest BCUT2D eigenvalue weighted by atomic mass is 79.9. The molecule has 0 unspecified atom stereocenters. The van der Waals surface area contributed by atoms with Gasteiger partial charge in [0.05, 0.1) is 38.5 Å². The van der Waals surface area contributed by atoms with Crippen molar-refractivity contribution in [2.45, 2.75) is 61.7 Å². The van der Waals surface area contributed by atoms with Crippen LogP contribution in [0.15, 0.2) is 27.2 Å². The zero-order valence-electron chi connectivity index (χ0n) is 21.0. The van der Waals surface area contributed by atoms with Crippen LogP contribution < -0.4 is 10.1 Å². The molecule has 184 valence electrons. The van der Waals surface area contributed by atoms with E-state index in [0.29, 0.717) is 29.4 Å². The van der Waals surface area contributed by atoms with Gasteiger partial charge in [-0.25, -0.2) is 9.36 Å². The van der Waals surface area contributed by atoms with Gasteiger partial charge >= 0.3 is 0 Å². The van der Waals surface area contributed by atoms with E-state index in [1.54, 1.807) is 6.92 Å². The molecule has 3 heterocycles. The predicted octanol–water partition coefficient (Wildman–Crippen LogP) is 5.33. The summed E-state index contributed by atoms with van der Waals surface area (Å²) in [5.41, 5.74) is 7.08. The molecular weight excluding hydrogens is 512 g/mol. The van der Waals surface area contributed by atoms with Gasteiger partial charge in [0.15, 0.2) is 5.69 Å². The molecule has 0 atom stereocenters. The molecule has 1 amide bonds. The van der Waals surface area contributed by atoms with Gasteiger partial charge in [-0.1, -0.05) is 11.2 Å². The first-order chi connectivity index (χ1) is 16.5. The number of carbonyl (C=O) groups is 1. The number of hydrogen-bond acceptors (Lipinski definition) is 6. The van der Waals surface area contributed by atoms with Crippen molar-refractivity contribution < 1.29 is 14.1 Å². The third-order valence-corrected chi connectivity index (χ3v) is 7.11. The fourth-order valence-electron chi connectivity index (χ4n) is 4.04. The lowest BCUT2D eigenvalue weighted by molar-refractivity contribution is 0.101. The Balaban J connectivity index is 1.53. The number of aryl methyl sites for hydroxylation is 5. The van der Waals surface area contributed by atoms with E-state index in [1.807, 2.05) is 63.0 Å². The summed E-state index contributed by atoms with van der Waals surface area (Å²) in [7, 11) is 0. The summed E-state index contributed by atoms with van der Waals surface area (Å²) in [5.74, 6) is 0.900. The van der Waals surface area contributed by atoms with Crippen molar-refractivity contribution in [3.05, 3.63) is 73.6 Å². The topological polar surface area (TPSA) is 100 Å². The van der Waals surface area contributed by atoms with Gasteiger partial charge < -0.3 is 14.6 Å².